The summed E-state index contributed by atoms with van der Waals surface area (Å²) in [7, 11) is 0. The van der Waals surface area contributed by atoms with Gasteiger partial charge in [0.1, 0.15) is 17.2 Å². The van der Waals surface area contributed by atoms with E-state index in [2.05, 4.69) is 10.6 Å². The first-order valence-electron chi connectivity index (χ1n) is 15.5. The van der Waals surface area contributed by atoms with Crippen molar-refractivity contribution in [1.82, 2.24) is 20.4 Å². The molecule has 2 aliphatic heterocycles. The molecule has 4 amide bonds. The minimum absolute atomic E-state index is 0.230. The molecule has 0 aromatic heterocycles. The average molecular weight is 641 g/mol. The third-order valence-electron chi connectivity index (χ3n) is 7.80. The summed E-state index contributed by atoms with van der Waals surface area (Å²) in [6.07, 6.45) is 0.817. The molecule has 11 heteroatoms. The average Bonchev–Trinajstić information content (AvgIpc) is 3.59. The number of carbonyl (C=O) groups excluding carboxylic acids is 4. The number of hydrogen-bond acceptors (Lipinski definition) is 7. The van der Waals surface area contributed by atoms with Gasteiger partial charge in [-0.15, -0.1) is 0 Å². The maximum absolute atomic E-state index is 13.8. The number of hydrogen-bond donors (Lipinski definition) is 2. The third kappa shape index (κ3) is 9.43. The monoisotopic (exact) mass is 640 g/mol. The summed E-state index contributed by atoms with van der Waals surface area (Å²) in [5.41, 5.74) is 1.28. The number of nitrogens with one attached hydrogen (secondary N) is 2. The lowest BCUT2D eigenvalue weighted by Gasteiger charge is -2.30. The summed E-state index contributed by atoms with van der Waals surface area (Å²) in [4.78, 5) is 56.4. The van der Waals surface area contributed by atoms with E-state index in [0.29, 0.717) is 37.5 Å². The van der Waals surface area contributed by atoms with Crippen molar-refractivity contribution in [1.29, 1.82) is 0 Å². The standard InChI is InChI=1S/C34H45ClN4O6/c1-33(2,3)44-31(42)36-20-23-14-15-25(35)19-24(23)21-38-17-10-13-27(38)29(40)37-30(41)28-26(22-11-8-7-9-12-22)16-18-39(28)32(43)45-34(4,5)6/h7-9,11-12,14-15,19,26-28H,10,13,16-18,20-21H2,1-6H3,(H,36,42)(H,37,40,41)/t26?,27-,28-/m0/s1. The molecule has 0 radical (unpaired) electrons. The fraction of sp³-hybridized carbons (Fsp3) is 0.529. The molecule has 244 valence electrons. The van der Waals surface area contributed by atoms with Gasteiger partial charge in [-0.25, -0.2) is 9.59 Å². The Kier molecular flexibility index (Phi) is 10.8. The zero-order chi connectivity index (χ0) is 32.9. The number of nitrogens with zero attached hydrogens (tertiary/aromatic N) is 2. The molecule has 2 saturated heterocycles. The maximum Gasteiger partial charge on any atom is 0.410 e. The Hall–Kier alpha value is -3.63. The molecule has 2 N–H and O–H groups in total. The van der Waals surface area contributed by atoms with E-state index in [1.165, 1.54) is 4.90 Å². The van der Waals surface area contributed by atoms with Gasteiger partial charge in [0.2, 0.25) is 11.8 Å². The first kappa shape index (κ1) is 34.2. The Morgan fingerprint density at radius 1 is 0.867 bits per heavy atom. The Bertz CT molecular complexity index is 1390. The van der Waals surface area contributed by atoms with Crippen LogP contribution in [-0.4, -0.2) is 70.2 Å². The largest absolute Gasteiger partial charge is 0.444 e. The maximum atomic E-state index is 13.8. The second-order valence-corrected chi connectivity index (χ2v) is 14.1. The zero-order valence-electron chi connectivity index (χ0n) is 27.0. The summed E-state index contributed by atoms with van der Waals surface area (Å²) in [5, 5.41) is 5.97. The molecule has 0 bridgehead atoms. The predicted octanol–water partition coefficient (Wildman–Crippen LogP) is 5.77. The fourth-order valence-corrected chi connectivity index (χ4v) is 6.09. The number of amides is 4. The van der Waals surface area contributed by atoms with Crippen molar-refractivity contribution in [3.05, 3.63) is 70.2 Å². The number of alkyl carbamates (subject to hydrolysis) is 1. The molecule has 4 rings (SSSR count). The van der Waals surface area contributed by atoms with Crippen LogP contribution in [0.4, 0.5) is 9.59 Å². The van der Waals surface area contributed by atoms with Gasteiger partial charge in [0.15, 0.2) is 0 Å². The van der Waals surface area contributed by atoms with E-state index in [1.54, 1.807) is 47.6 Å². The minimum Gasteiger partial charge on any atom is -0.444 e. The van der Waals surface area contributed by atoms with E-state index in [4.69, 9.17) is 21.1 Å². The first-order valence-corrected chi connectivity index (χ1v) is 15.9. The van der Waals surface area contributed by atoms with Crippen molar-refractivity contribution >= 4 is 35.6 Å². The highest BCUT2D eigenvalue weighted by Crippen LogP contribution is 2.35. The topological polar surface area (TPSA) is 117 Å². The van der Waals surface area contributed by atoms with E-state index in [9.17, 15) is 19.2 Å². The molecule has 0 spiro atoms. The second-order valence-electron chi connectivity index (χ2n) is 13.7. The normalized spacial score (nSPS) is 20.5. The van der Waals surface area contributed by atoms with Gasteiger partial charge in [-0.1, -0.05) is 48.0 Å². The Labute approximate surface area is 270 Å². The Morgan fingerprint density at radius 2 is 1.56 bits per heavy atom. The highest BCUT2D eigenvalue weighted by Gasteiger charge is 2.45. The molecule has 2 heterocycles. The SMILES string of the molecule is CC(C)(C)OC(=O)NCc1ccc(Cl)cc1CN1CCC[C@H]1C(=O)NC(=O)[C@@H]1C(c2ccccc2)CCN1C(=O)OC(C)(C)C. The molecule has 2 aliphatic rings. The van der Waals surface area contributed by atoms with Crippen molar-refractivity contribution in [2.45, 2.75) is 103 Å². The number of carbonyl (C=O) groups is 4. The van der Waals surface area contributed by atoms with Gasteiger partial charge in [0.05, 0.1) is 6.04 Å². The predicted molar refractivity (Wildman–Crippen MR) is 172 cm³/mol. The Morgan fingerprint density at radius 3 is 2.22 bits per heavy atom. The van der Waals surface area contributed by atoms with E-state index in [0.717, 1.165) is 23.1 Å². The fourth-order valence-electron chi connectivity index (χ4n) is 5.90. The molecule has 10 nitrogen and oxygen atoms in total. The molecule has 2 aromatic rings. The lowest BCUT2D eigenvalue weighted by atomic mass is 9.91. The number of imide groups is 1. The van der Waals surface area contributed by atoms with Gasteiger partial charge in [0.25, 0.3) is 0 Å². The molecule has 0 aliphatic carbocycles. The van der Waals surface area contributed by atoms with Crippen molar-refractivity contribution in [2.24, 2.45) is 0 Å². The third-order valence-corrected chi connectivity index (χ3v) is 8.03. The summed E-state index contributed by atoms with van der Waals surface area (Å²) in [6.45, 7) is 12.4. The zero-order valence-corrected chi connectivity index (χ0v) is 27.8. The second kappa shape index (κ2) is 14.2. The van der Waals surface area contributed by atoms with Crippen LogP contribution in [0.1, 0.15) is 83.4 Å². The van der Waals surface area contributed by atoms with Crippen molar-refractivity contribution in [3.8, 4) is 0 Å². The van der Waals surface area contributed by atoms with Crippen LogP contribution < -0.4 is 10.6 Å². The van der Waals surface area contributed by atoms with Crippen LogP contribution in [0, 0.1) is 0 Å². The number of ether oxygens (including phenoxy) is 2. The molecule has 0 saturated carbocycles. The van der Waals surface area contributed by atoms with Gasteiger partial charge in [-0.3, -0.25) is 24.7 Å². The van der Waals surface area contributed by atoms with Crippen molar-refractivity contribution < 1.29 is 28.7 Å². The molecule has 2 aromatic carbocycles. The number of benzene rings is 2. The van der Waals surface area contributed by atoms with Gasteiger partial charge >= 0.3 is 12.2 Å². The van der Waals surface area contributed by atoms with E-state index in [-0.39, 0.29) is 12.5 Å². The molecular weight excluding hydrogens is 596 g/mol. The number of likely N-dealkylation sites (tertiary alicyclic amines) is 2. The lowest BCUT2D eigenvalue weighted by molar-refractivity contribution is -0.135. The molecule has 3 atom stereocenters. The number of halogens is 1. The lowest BCUT2D eigenvalue weighted by Crippen LogP contribution is -2.53. The highest BCUT2D eigenvalue weighted by molar-refractivity contribution is 6.30. The molecule has 2 fully saturated rings. The first-order chi connectivity index (χ1) is 21.1. The van der Waals surface area contributed by atoms with Crippen LogP contribution in [0.15, 0.2) is 48.5 Å². The van der Waals surface area contributed by atoms with Gasteiger partial charge in [0, 0.05) is 30.6 Å². The van der Waals surface area contributed by atoms with Crippen LogP contribution >= 0.6 is 11.6 Å². The van der Waals surface area contributed by atoms with Crippen molar-refractivity contribution in [2.75, 3.05) is 13.1 Å². The molecule has 45 heavy (non-hydrogen) atoms. The summed E-state index contributed by atoms with van der Waals surface area (Å²) in [6, 6.07) is 13.6. The van der Waals surface area contributed by atoms with Crippen LogP contribution in [0.3, 0.4) is 0 Å². The minimum atomic E-state index is -0.889. The molecular formula is C34H45ClN4O6. The Balaban J connectivity index is 1.48. The smallest absolute Gasteiger partial charge is 0.410 e. The van der Waals surface area contributed by atoms with E-state index < -0.39 is 47.3 Å². The van der Waals surface area contributed by atoms with Crippen LogP contribution in [0.5, 0.6) is 0 Å². The van der Waals surface area contributed by atoms with Crippen LogP contribution in [0.2, 0.25) is 5.02 Å². The van der Waals surface area contributed by atoms with E-state index in [1.807, 2.05) is 47.4 Å². The number of rotatable bonds is 7. The van der Waals surface area contributed by atoms with Crippen LogP contribution in [0.25, 0.3) is 0 Å². The van der Waals surface area contributed by atoms with Crippen molar-refractivity contribution in [3.63, 3.8) is 0 Å². The summed E-state index contributed by atoms with van der Waals surface area (Å²) < 4.78 is 11.0. The quantitative estimate of drug-likeness (QED) is 0.369. The van der Waals surface area contributed by atoms with E-state index >= 15 is 0 Å². The van der Waals surface area contributed by atoms with Crippen LogP contribution in [-0.2, 0) is 32.2 Å². The summed E-state index contributed by atoms with van der Waals surface area (Å²) >= 11 is 6.34. The van der Waals surface area contributed by atoms with Gasteiger partial charge in [-0.05, 0) is 96.2 Å². The highest BCUT2D eigenvalue weighted by atomic mass is 35.5. The summed E-state index contributed by atoms with van der Waals surface area (Å²) in [5.74, 6) is -1.21. The van der Waals surface area contributed by atoms with Gasteiger partial charge in [-0.2, -0.15) is 0 Å². The molecule has 1 unspecified atom stereocenters. The van der Waals surface area contributed by atoms with Gasteiger partial charge < -0.3 is 14.8 Å².